The lowest BCUT2D eigenvalue weighted by molar-refractivity contribution is 0.0792. The maximum atomic E-state index is 11.8. The number of benzene rings is 2. The van der Waals surface area contributed by atoms with E-state index in [1.165, 1.54) is 11.1 Å². The molecule has 7 nitrogen and oxygen atoms in total. The summed E-state index contributed by atoms with van der Waals surface area (Å²) in [6.07, 6.45) is 2.41. The molecule has 2 aromatic rings. The molecule has 0 unspecified atom stereocenters. The Morgan fingerprint density at radius 1 is 1.06 bits per heavy atom. The number of aliphatic imine (C=N–C) groups is 1. The summed E-state index contributed by atoms with van der Waals surface area (Å²) < 4.78 is 0. The summed E-state index contributed by atoms with van der Waals surface area (Å²) in [6, 6.07) is 16.3. The molecule has 32 heavy (non-hydrogen) atoms. The number of carbonyl (C=O) groups excluding carboxylic acids is 1. The molecule has 0 atom stereocenters. The first-order chi connectivity index (χ1) is 15.6. The van der Waals surface area contributed by atoms with Gasteiger partial charge in [0.25, 0.3) is 5.91 Å². The topological polar surface area (TPSA) is 89.0 Å². The standard InChI is InChI=1S/C25H35N5O2/c1-26-24(32)22-5-3-4-19(16-22)10-13-28-25(27-2)29-17-20-6-8-21(9-7-20)18-30-14-11-23(31)12-15-30/h3-9,16,23,31H,10-15,17-18H2,1-2H3,(H,26,32)(H2,27,28,29). The number of nitrogens with zero attached hydrogens (tertiary/aromatic N) is 2. The van der Waals surface area contributed by atoms with E-state index in [2.05, 4.69) is 50.1 Å². The third kappa shape index (κ3) is 7.35. The van der Waals surface area contributed by atoms with Gasteiger partial charge in [-0.3, -0.25) is 14.7 Å². The third-order valence-electron chi connectivity index (χ3n) is 5.79. The number of hydrogen-bond donors (Lipinski definition) is 4. The molecule has 1 saturated heterocycles. The van der Waals surface area contributed by atoms with Crippen LogP contribution in [0.1, 0.15) is 39.9 Å². The Morgan fingerprint density at radius 2 is 1.78 bits per heavy atom. The van der Waals surface area contributed by atoms with Gasteiger partial charge in [0.05, 0.1) is 6.10 Å². The van der Waals surface area contributed by atoms with Gasteiger partial charge in [0.1, 0.15) is 0 Å². The van der Waals surface area contributed by atoms with Crippen molar-refractivity contribution >= 4 is 11.9 Å². The lowest BCUT2D eigenvalue weighted by Gasteiger charge is -2.29. The number of hydrogen-bond acceptors (Lipinski definition) is 4. The third-order valence-corrected chi connectivity index (χ3v) is 5.79. The molecule has 0 aromatic heterocycles. The predicted octanol–water partition coefficient (Wildman–Crippen LogP) is 1.91. The molecular formula is C25H35N5O2. The zero-order valence-corrected chi connectivity index (χ0v) is 19.1. The van der Waals surface area contributed by atoms with Crippen LogP contribution in [0.5, 0.6) is 0 Å². The normalized spacial score (nSPS) is 15.4. The molecule has 2 aromatic carbocycles. The van der Waals surface area contributed by atoms with Crippen molar-refractivity contribution in [2.75, 3.05) is 33.7 Å². The van der Waals surface area contributed by atoms with E-state index in [9.17, 15) is 9.90 Å². The van der Waals surface area contributed by atoms with Gasteiger partial charge < -0.3 is 21.1 Å². The number of rotatable bonds is 8. The van der Waals surface area contributed by atoms with E-state index in [-0.39, 0.29) is 12.0 Å². The molecule has 1 heterocycles. The molecule has 3 rings (SSSR count). The van der Waals surface area contributed by atoms with E-state index in [1.807, 2.05) is 24.3 Å². The second-order valence-electron chi connectivity index (χ2n) is 8.21. The maximum absolute atomic E-state index is 11.8. The van der Waals surface area contributed by atoms with Crippen LogP contribution in [0, 0.1) is 0 Å². The zero-order chi connectivity index (χ0) is 22.8. The van der Waals surface area contributed by atoms with Gasteiger partial charge in [-0.15, -0.1) is 0 Å². The maximum Gasteiger partial charge on any atom is 0.251 e. The van der Waals surface area contributed by atoms with Crippen LogP contribution in [0.2, 0.25) is 0 Å². The Bertz CT molecular complexity index is 889. The second-order valence-corrected chi connectivity index (χ2v) is 8.21. The van der Waals surface area contributed by atoms with Crippen LogP contribution >= 0.6 is 0 Å². The number of carbonyl (C=O) groups is 1. The summed E-state index contributed by atoms with van der Waals surface area (Å²) in [5, 5.41) is 19.0. The molecular weight excluding hydrogens is 402 g/mol. The molecule has 4 N–H and O–H groups in total. The number of amides is 1. The molecule has 1 amide bonds. The van der Waals surface area contributed by atoms with Crippen molar-refractivity contribution < 1.29 is 9.90 Å². The van der Waals surface area contributed by atoms with Crippen LogP contribution < -0.4 is 16.0 Å². The fourth-order valence-corrected chi connectivity index (χ4v) is 3.84. The fourth-order valence-electron chi connectivity index (χ4n) is 3.84. The van der Waals surface area contributed by atoms with E-state index < -0.39 is 0 Å². The van der Waals surface area contributed by atoms with E-state index in [1.54, 1.807) is 14.1 Å². The van der Waals surface area contributed by atoms with Gasteiger partial charge >= 0.3 is 0 Å². The molecule has 172 valence electrons. The van der Waals surface area contributed by atoms with Crippen molar-refractivity contribution in [3.8, 4) is 0 Å². The first kappa shape index (κ1) is 23.8. The van der Waals surface area contributed by atoms with Gasteiger partial charge in [-0.05, 0) is 48.1 Å². The van der Waals surface area contributed by atoms with Crippen molar-refractivity contribution in [2.45, 2.75) is 38.5 Å². The second kappa shape index (κ2) is 12.2. The highest BCUT2D eigenvalue weighted by molar-refractivity contribution is 5.94. The summed E-state index contributed by atoms with van der Waals surface area (Å²) in [6.45, 7) is 4.28. The first-order valence-electron chi connectivity index (χ1n) is 11.3. The molecule has 0 bridgehead atoms. The van der Waals surface area contributed by atoms with E-state index in [0.29, 0.717) is 12.1 Å². The SMILES string of the molecule is CN=C(NCCc1cccc(C(=O)NC)c1)NCc1ccc(CN2CCC(O)CC2)cc1. The van der Waals surface area contributed by atoms with Crippen LogP contribution in [-0.2, 0) is 19.5 Å². The van der Waals surface area contributed by atoms with E-state index in [4.69, 9.17) is 0 Å². The van der Waals surface area contributed by atoms with Crippen LogP contribution in [0.25, 0.3) is 0 Å². The number of nitrogens with one attached hydrogen (secondary N) is 3. The Hall–Kier alpha value is -2.90. The molecule has 0 spiro atoms. The number of aliphatic hydroxyl groups is 1. The van der Waals surface area contributed by atoms with Crippen LogP contribution in [0.3, 0.4) is 0 Å². The Kier molecular flexibility index (Phi) is 9.07. The van der Waals surface area contributed by atoms with Gasteiger partial charge in [0.2, 0.25) is 0 Å². The fraction of sp³-hybridized carbons (Fsp3) is 0.440. The van der Waals surface area contributed by atoms with Crippen molar-refractivity contribution in [1.82, 2.24) is 20.9 Å². The van der Waals surface area contributed by atoms with Crippen molar-refractivity contribution in [1.29, 1.82) is 0 Å². The number of guanidine groups is 1. The molecule has 1 fully saturated rings. The van der Waals surface area contributed by atoms with Gasteiger partial charge in [-0.25, -0.2) is 0 Å². The highest BCUT2D eigenvalue weighted by Crippen LogP contribution is 2.14. The van der Waals surface area contributed by atoms with Gasteiger partial charge in [0.15, 0.2) is 5.96 Å². The lowest BCUT2D eigenvalue weighted by Crippen LogP contribution is -2.37. The lowest BCUT2D eigenvalue weighted by atomic mass is 10.1. The van der Waals surface area contributed by atoms with E-state index >= 15 is 0 Å². The zero-order valence-electron chi connectivity index (χ0n) is 19.1. The minimum Gasteiger partial charge on any atom is -0.393 e. The summed E-state index contributed by atoms with van der Waals surface area (Å²) in [7, 11) is 3.40. The summed E-state index contributed by atoms with van der Waals surface area (Å²) in [5.74, 6) is 0.682. The number of piperidine rings is 1. The van der Waals surface area contributed by atoms with Crippen molar-refractivity contribution in [2.24, 2.45) is 4.99 Å². The molecule has 1 aliphatic rings. The number of likely N-dealkylation sites (tertiary alicyclic amines) is 1. The van der Waals surface area contributed by atoms with Crippen molar-refractivity contribution in [3.63, 3.8) is 0 Å². The van der Waals surface area contributed by atoms with Gasteiger partial charge in [-0.2, -0.15) is 0 Å². The van der Waals surface area contributed by atoms with Crippen LogP contribution in [0.15, 0.2) is 53.5 Å². The number of aliphatic hydroxyl groups excluding tert-OH is 1. The summed E-state index contributed by atoms with van der Waals surface area (Å²) >= 11 is 0. The average Bonchev–Trinajstić information content (AvgIpc) is 2.83. The van der Waals surface area contributed by atoms with Gasteiger partial charge in [-0.1, -0.05) is 36.4 Å². The minimum atomic E-state index is -0.129. The van der Waals surface area contributed by atoms with Crippen LogP contribution in [-0.4, -0.2) is 61.7 Å². The average molecular weight is 438 g/mol. The summed E-state index contributed by atoms with van der Waals surface area (Å²) in [5.41, 5.74) is 4.28. The first-order valence-corrected chi connectivity index (χ1v) is 11.3. The molecule has 0 saturated carbocycles. The largest absolute Gasteiger partial charge is 0.393 e. The quantitative estimate of drug-likeness (QED) is 0.374. The summed E-state index contributed by atoms with van der Waals surface area (Å²) in [4.78, 5) is 18.5. The van der Waals surface area contributed by atoms with Gasteiger partial charge in [0, 0.05) is 52.4 Å². The molecule has 0 aliphatic carbocycles. The van der Waals surface area contributed by atoms with E-state index in [0.717, 1.165) is 57.0 Å². The predicted molar refractivity (Wildman–Crippen MR) is 129 cm³/mol. The van der Waals surface area contributed by atoms with Crippen molar-refractivity contribution in [3.05, 3.63) is 70.8 Å². The Balaban J connectivity index is 1.41. The van der Waals surface area contributed by atoms with Crippen LogP contribution in [0.4, 0.5) is 0 Å². The molecule has 7 heteroatoms. The minimum absolute atomic E-state index is 0.0713. The highest BCUT2D eigenvalue weighted by Gasteiger charge is 2.16. The molecule has 1 aliphatic heterocycles. The molecule has 0 radical (unpaired) electrons. The smallest absolute Gasteiger partial charge is 0.251 e. The monoisotopic (exact) mass is 437 g/mol. The highest BCUT2D eigenvalue weighted by atomic mass is 16.3. The Morgan fingerprint density at radius 3 is 2.47 bits per heavy atom. The Labute approximate surface area is 190 Å².